The van der Waals surface area contributed by atoms with Crippen LogP contribution in [0.15, 0.2) is 24.3 Å². The van der Waals surface area contributed by atoms with Crippen LogP contribution in [0.2, 0.25) is 5.02 Å². The smallest absolute Gasteiger partial charge is 0.184 e. The van der Waals surface area contributed by atoms with Gasteiger partial charge in [0.25, 0.3) is 0 Å². The van der Waals surface area contributed by atoms with E-state index in [9.17, 15) is 0 Å². The van der Waals surface area contributed by atoms with Crippen molar-refractivity contribution in [2.75, 3.05) is 18.0 Å². The van der Waals surface area contributed by atoms with E-state index in [0.29, 0.717) is 18.1 Å². The van der Waals surface area contributed by atoms with E-state index < -0.39 is 0 Å². The molecule has 3 aromatic rings. The molecule has 0 spiro atoms. The van der Waals surface area contributed by atoms with E-state index in [1.807, 2.05) is 28.9 Å². The van der Waals surface area contributed by atoms with E-state index in [1.165, 1.54) is 0 Å². The summed E-state index contributed by atoms with van der Waals surface area (Å²) in [6.07, 6.45) is 2.17. The van der Waals surface area contributed by atoms with Crippen LogP contribution in [0.5, 0.6) is 0 Å². The first kappa shape index (κ1) is 19.1. The molecule has 1 atom stereocenters. The molecule has 0 aliphatic carbocycles. The first-order valence-electron chi connectivity index (χ1n) is 9.70. The number of halogens is 1. The zero-order valence-corrected chi connectivity index (χ0v) is 17.3. The number of hydrogen-bond donors (Lipinski definition) is 1. The molecule has 0 radical (unpaired) electrons. The van der Waals surface area contributed by atoms with Crippen molar-refractivity contribution in [3.63, 3.8) is 0 Å². The third-order valence-electron chi connectivity index (χ3n) is 5.21. The molecule has 0 saturated carbocycles. The van der Waals surface area contributed by atoms with Gasteiger partial charge in [0.1, 0.15) is 5.82 Å². The largest absolute Gasteiger partial charge is 0.350 e. The van der Waals surface area contributed by atoms with Crippen molar-refractivity contribution < 1.29 is 0 Å². The van der Waals surface area contributed by atoms with Gasteiger partial charge in [-0.1, -0.05) is 55.8 Å². The normalized spacial score (nSPS) is 17.6. The maximum Gasteiger partial charge on any atom is 0.184 e. The molecular weight excluding hydrogens is 374 g/mol. The highest BCUT2D eigenvalue weighted by atomic mass is 35.5. The van der Waals surface area contributed by atoms with Crippen LogP contribution < -0.4 is 10.6 Å². The van der Waals surface area contributed by atoms with Gasteiger partial charge < -0.3 is 10.6 Å². The Hall–Kier alpha value is -2.25. The van der Waals surface area contributed by atoms with Crippen LogP contribution in [0.25, 0.3) is 11.2 Å². The second-order valence-corrected chi connectivity index (χ2v) is 8.76. The summed E-state index contributed by atoms with van der Waals surface area (Å²) in [4.78, 5) is 12.0. The molecular formula is C20H26ClN7. The van der Waals surface area contributed by atoms with E-state index >= 15 is 0 Å². The van der Waals surface area contributed by atoms with Gasteiger partial charge in [0.15, 0.2) is 17.0 Å². The number of anilines is 1. The van der Waals surface area contributed by atoms with E-state index in [1.54, 1.807) is 0 Å². The van der Waals surface area contributed by atoms with Gasteiger partial charge in [0.05, 0.1) is 6.54 Å². The summed E-state index contributed by atoms with van der Waals surface area (Å²) in [7, 11) is 0. The van der Waals surface area contributed by atoms with Crippen LogP contribution in [0, 0.1) is 0 Å². The van der Waals surface area contributed by atoms with E-state index in [0.717, 1.165) is 47.8 Å². The Morgan fingerprint density at radius 2 is 2.00 bits per heavy atom. The fourth-order valence-corrected chi connectivity index (χ4v) is 3.83. The van der Waals surface area contributed by atoms with E-state index in [-0.39, 0.29) is 11.5 Å². The SMILES string of the molecule is CC(C)(C)c1nc(N2CCC[C@H]2CN)c2nnn(Cc3ccccc3Cl)c2n1. The molecule has 0 amide bonds. The molecule has 1 aliphatic heterocycles. The number of aromatic nitrogens is 5. The second-order valence-electron chi connectivity index (χ2n) is 8.36. The summed E-state index contributed by atoms with van der Waals surface area (Å²) in [5.74, 6) is 1.62. The van der Waals surface area contributed by atoms with Crippen molar-refractivity contribution in [2.45, 2.75) is 51.6 Å². The molecule has 0 unspecified atom stereocenters. The van der Waals surface area contributed by atoms with Crippen molar-refractivity contribution in [3.05, 3.63) is 40.7 Å². The molecule has 2 aromatic heterocycles. The quantitative estimate of drug-likeness (QED) is 0.725. The summed E-state index contributed by atoms with van der Waals surface area (Å²) >= 11 is 6.35. The van der Waals surface area contributed by atoms with Crippen molar-refractivity contribution in [3.8, 4) is 0 Å². The minimum atomic E-state index is -0.194. The number of rotatable bonds is 4. The number of fused-ring (bicyclic) bond motifs is 1. The molecule has 0 bridgehead atoms. The van der Waals surface area contributed by atoms with E-state index in [2.05, 4.69) is 36.0 Å². The van der Waals surface area contributed by atoms with Gasteiger partial charge in [-0.3, -0.25) is 0 Å². The van der Waals surface area contributed by atoms with Gasteiger partial charge in [-0.05, 0) is 24.5 Å². The summed E-state index contributed by atoms with van der Waals surface area (Å²) in [6.45, 7) is 8.38. The lowest BCUT2D eigenvalue weighted by Crippen LogP contribution is -2.36. The summed E-state index contributed by atoms with van der Waals surface area (Å²) in [5, 5.41) is 9.54. The number of hydrogen-bond acceptors (Lipinski definition) is 6. The third-order valence-corrected chi connectivity index (χ3v) is 5.58. The molecule has 1 aromatic carbocycles. The second kappa shape index (κ2) is 7.29. The highest BCUT2D eigenvalue weighted by molar-refractivity contribution is 6.31. The molecule has 8 heteroatoms. The Labute approximate surface area is 169 Å². The van der Waals surface area contributed by atoms with Crippen LogP contribution in [-0.2, 0) is 12.0 Å². The lowest BCUT2D eigenvalue weighted by Gasteiger charge is -2.26. The minimum absolute atomic E-state index is 0.194. The minimum Gasteiger partial charge on any atom is -0.350 e. The molecule has 1 saturated heterocycles. The summed E-state index contributed by atoms with van der Waals surface area (Å²) in [5.41, 5.74) is 8.26. The Morgan fingerprint density at radius 1 is 1.21 bits per heavy atom. The predicted molar refractivity (Wildman–Crippen MR) is 112 cm³/mol. The molecule has 3 heterocycles. The maximum atomic E-state index is 6.35. The topological polar surface area (TPSA) is 85.8 Å². The molecule has 148 valence electrons. The van der Waals surface area contributed by atoms with Gasteiger partial charge in [0.2, 0.25) is 0 Å². The Morgan fingerprint density at radius 3 is 2.71 bits per heavy atom. The monoisotopic (exact) mass is 399 g/mol. The predicted octanol–water partition coefficient (Wildman–Crippen LogP) is 3.15. The highest BCUT2D eigenvalue weighted by Crippen LogP contribution is 2.31. The molecule has 2 N–H and O–H groups in total. The Kier molecular flexibility index (Phi) is 4.97. The van der Waals surface area contributed by atoms with Crippen LogP contribution in [0.3, 0.4) is 0 Å². The van der Waals surface area contributed by atoms with Crippen molar-refractivity contribution >= 4 is 28.6 Å². The first-order valence-corrected chi connectivity index (χ1v) is 10.1. The van der Waals surface area contributed by atoms with E-state index in [4.69, 9.17) is 27.3 Å². The zero-order chi connectivity index (χ0) is 19.9. The number of nitrogens with two attached hydrogens (primary N) is 1. The van der Waals surface area contributed by atoms with Gasteiger partial charge in [0, 0.05) is 29.6 Å². The van der Waals surface area contributed by atoms with Gasteiger partial charge in [-0.15, -0.1) is 5.10 Å². The van der Waals surface area contributed by atoms with Crippen LogP contribution in [-0.4, -0.2) is 44.1 Å². The molecule has 4 rings (SSSR count). The van der Waals surface area contributed by atoms with Crippen LogP contribution >= 0.6 is 11.6 Å². The van der Waals surface area contributed by atoms with Crippen molar-refractivity contribution in [1.29, 1.82) is 0 Å². The lowest BCUT2D eigenvalue weighted by molar-refractivity contribution is 0.543. The zero-order valence-electron chi connectivity index (χ0n) is 16.6. The third kappa shape index (κ3) is 3.44. The van der Waals surface area contributed by atoms with Gasteiger partial charge >= 0.3 is 0 Å². The molecule has 28 heavy (non-hydrogen) atoms. The van der Waals surface area contributed by atoms with Crippen molar-refractivity contribution in [2.24, 2.45) is 5.73 Å². The van der Waals surface area contributed by atoms with Crippen molar-refractivity contribution in [1.82, 2.24) is 25.0 Å². The Bertz CT molecular complexity index is 992. The maximum absolute atomic E-state index is 6.35. The van der Waals surface area contributed by atoms with Crippen LogP contribution in [0.4, 0.5) is 5.82 Å². The first-order chi connectivity index (χ1) is 13.4. The van der Waals surface area contributed by atoms with Gasteiger partial charge in [-0.2, -0.15) is 0 Å². The molecule has 1 aliphatic rings. The highest BCUT2D eigenvalue weighted by Gasteiger charge is 2.30. The average Bonchev–Trinajstić information content (AvgIpc) is 3.29. The van der Waals surface area contributed by atoms with Crippen LogP contribution in [0.1, 0.15) is 45.0 Å². The molecule has 1 fully saturated rings. The standard InChI is InChI=1S/C20H26ClN7/c1-20(2,3)19-23-17(27-10-6-8-14(27)11-22)16-18(24-19)28(26-25-16)12-13-7-4-5-9-15(13)21/h4-5,7,9,14H,6,8,10-12,22H2,1-3H3/t14-/m0/s1. The number of benzene rings is 1. The Balaban J connectivity index is 1.86. The fourth-order valence-electron chi connectivity index (χ4n) is 3.63. The lowest BCUT2D eigenvalue weighted by atomic mass is 9.95. The summed E-state index contributed by atoms with van der Waals surface area (Å²) in [6, 6.07) is 8.04. The average molecular weight is 400 g/mol. The van der Waals surface area contributed by atoms with Gasteiger partial charge in [-0.25, -0.2) is 14.6 Å². The molecule has 7 nitrogen and oxygen atoms in total. The fraction of sp³-hybridized carbons (Fsp3) is 0.500. The number of nitrogens with zero attached hydrogens (tertiary/aromatic N) is 6. The summed E-state index contributed by atoms with van der Waals surface area (Å²) < 4.78 is 1.81.